The lowest BCUT2D eigenvalue weighted by molar-refractivity contribution is -0.122. The summed E-state index contributed by atoms with van der Waals surface area (Å²) in [7, 11) is 0. The Kier molecular flexibility index (Phi) is 5.37. The van der Waals surface area contributed by atoms with E-state index in [9.17, 15) is 9.59 Å². The summed E-state index contributed by atoms with van der Waals surface area (Å²) in [6.45, 7) is 5.42. The van der Waals surface area contributed by atoms with E-state index in [4.69, 9.17) is 0 Å². The van der Waals surface area contributed by atoms with Gasteiger partial charge in [-0.3, -0.25) is 9.59 Å². The number of aryl methyl sites for hydroxylation is 1. The summed E-state index contributed by atoms with van der Waals surface area (Å²) >= 11 is 0. The fourth-order valence-electron chi connectivity index (χ4n) is 2.71. The first-order valence-electron chi connectivity index (χ1n) is 7.75. The molecule has 2 rings (SSSR count). The molecule has 1 aliphatic heterocycles. The van der Waals surface area contributed by atoms with Crippen LogP contribution < -0.4 is 5.32 Å². The lowest BCUT2D eigenvalue weighted by Crippen LogP contribution is -2.46. The van der Waals surface area contributed by atoms with Gasteiger partial charge in [-0.05, 0) is 38.3 Å². The highest BCUT2D eigenvalue weighted by Gasteiger charge is 2.24. The van der Waals surface area contributed by atoms with Crippen molar-refractivity contribution in [3.05, 3.63) is 35.4 Å². The Bertz CT molecular complexity index is 505. The van der Waals surface area contributed by atoms with Crippen LogP contribution in [0.4, 0.5) is 0 Å². The molecule has 0 aromatic heterocycles. The van der Waals surface area contributed by atoms with E-state index in [0.29, 0.717) is 19.5 Å². The molecule has 2 amide bonds. The molecule has 0 aliphatic carbocycles. The largest absolute Gasteiger partial charge is 0.353 e. The molecule has 1 aromatic rings. The van der Waals surface area contributed by atoms with E-state index < -0.39 is 0 Å². The summed E-state index contributed by atoms with van der Waals surface area (Å²) in [5.41, 5.74) is 1.85. The van der Waals surface area contributed by atoms with Gasteiger partial charge in [-0.2, -0.15) is 0 Å². The quantitative estimate of drug-likeness (QED) is 0.925. The van der Waals surface area contributed by atoms with E-state index in [1.807, 2.05) is 43.0 Å². The number of hydrogen-bond acceptors (Lipinski definition) is 2. The van der Waals surface area contributed by atoms with Gasteiger partial charge in [-0.25, -0.2) is 0 Å². The average molecular weight is 288 g/mol. The van der Waals surface area contributed by atoms with Gasteiger partial charge in [0.25, 0.3) is 5.91 Å². The summed E-state index contributed by atoms with van der Waals surface area (Å²) in [6, 6.07) is 7.92. The first kappa shape index (κ1) is 15.5. The van der Waals surface area contributed by atoms with Crippen molar-refractivity contribution in [2.24, 2.45) is 0 Å². The molecule has 1 aliphatic rings. The molecule has 1 fully saturated rings. The van der Waals surface area contributed by atoms with Crippen LogP contribution in [-0.4, -0.2) is 35.8 Å². The Labute approximate surface area is 126 Å². The predicted molar refractivity (Wildman–Crippen MR) is 83.2 cm³/mol. The highest BCUT2D eigenvalue weighted by Crippen LogP contribution is 2.15. The van der Waals surface area contributed by atoms with E-state index >= 15 is 0 Å². The second-order valence-corrected chi connectivity index (χ2v) is 5.75. The fraction of sp³-hybridized carbons (Fsp3) is 0.529. The minimum absolute atomic E-state index is 0.0945. The van der Waals surface area contributed by atoms with Gasteiger partial charge in [-0.15, -0.1) is 0 Å². The molecule has 0 spiro atoms. The van der Waals surface area contributed by atoms with E-state index in [1.54, 1.807) is 0 Å². The summed E-state index contributed by atoms with van der Waals surface area (Å²) in [5, 5.41) is 3.05. The van der Waals surface area contributed by atoms with Crippen LogP contribution in [0.3, 0.4) is 0 Å². The number of amides is 2. The van der Waals surface area contributed by atoms with Crippen LogP contribution in [0.1, 0.15) is 48.5 Å². The van der Waals surface area contributed by atoms with E-state index in [-0.39, 0.29) is 17.9 Å². The van der Waals surface area contributed by atoms with Crippen LogP contribution >= 0.6 is 0 Å². The molecule has 0 bridgehead atoms. The third-order valence-corrected chi connectivity index (χ3v) is 3.89. The molecular weight excluding hydrogens is 264 g/mol. The average Bonchev–Trinajstić information content (AvgIpc) is 2.47. The zero-order chi connectivity index (χ0) is 15.2. The van der Waals surface area contributed by atoms with Crippen molar-refractivity contribution in [2.75, 3.05) is 13.1 Å². The number of piperidine rings is 1. The smallest absolute Gasteiger partial charge is 0.253 e. The monoisotopic (exact) mass is 288 g/mol. The number of benzene rings is 1. The van der Waals surface area contributed by atoms with Crippen molar-refractivity contribution in [2.45, 2.75) is 45.6 Å². The van der Waals surface area contributed by atoms with Crippen LogP contribution in [0, 0.1) is 6.92 Å². The highest BCUT2D eigenvalue weighted by molar-refractivity contribution is 5.94. The van der Waals surface area contributed by atoms with Crippen molar-refractivity contribution in [3.63, 3.8) is 0 Å². The van der Waals surface area contributed by atoms with Crippen molar-refractivity contribution in [1.82, 2.24) is 10.2 Å². The normalized spacial score (nSPS) is 15.8. The van der Waals surface area contributed by atoms with Crippen LogP contribution in [-0.2, 0) is 4.79 Å². The maximum Gasteiger partial charge on any atom is 0.253 e. The predicted octanol–water partition coefficient (Wildman–Crippen LogP) is 2.52. The van der Waals surface area contributed by atoms with E-state index in [1.165, 1.54) is 0 Å². The molecule has 1 heterocycles. The lowest BCUT2D eigenvalue weighted by Gasteiger charge is -2.32. The third kappa shape index (κ3) is 4.31. The molecule has 0 radical (unpaired) electrons. The Morgan fingerprint density at radius 2 is 2.00 bits per heavy atom. The summed E-state index contributed by atoms with van der Waals surface area (Å²) in [4.78, 5) is 25.9. The summed E-state index contributed by atoms with van der Waals surface area (Å²) in [5.74, 6) is 0.220. The van der Waals surface area contributed by atoms with Gasteiger partial charge < -0.3 is 10.2 Å². The van der Waals surface area contributed by atoms with Crippen LogP contribution in [0.5, 0.6) is 0 Å². The molecule has 0 unspecified atom stereocenters. The van der Waals surface area contributed by atoms with Crippen molar-refractivity contribution in [3.8, 4) is 0 Å². The molecule has 4 heteroatoms. The van der Waals surface area contributed by atoms with E-state index in [0.717, 1.165) is 30.4 Å². The Morgan fingerprint density at radius 1 is 1.29 bits per heavy atom. The standard InChI is InChI=1S/C17H24N2O2/c1-3-5-16(20)18-15-8-10-19(11-9-15)17(21)14-7-4-6-13(2)12-14/h4,6-7,12,15H,3,5,8-11H2,1-2H3,(H,18,20). The second kappa shape index (κ2) is 7.25. The van der Waals surface area contributed by atoms with Crippen molar-refractivity contribution in [1.29, 1.82) is 0 Å². The van der Waals surface area contributed by atoms with Gasteiger partial charge in [0.1, 0.15) is 0 Å². The minimum Gasteiger partial charge on any atom is -0.353 e. The van der Waals surface area contributed by atoms with Gasteiger partial charge in [0.2, 0.25) is 5.91 Å². The molecule has 1 aromatic carbocycles. The van der Waals surface area contributed by atoms with Gasteiger partial charge in [-0.1, -0.05) is 24.6 Å². The second-order valence-electron chi connectivity index (χ2n) is 5.75. The third-order valence-electron chi connectivity index (χ3n) is 3.89. The Hall–Kier alpha value is -1.84. The molecule has 0 saturated carbocycles. The zero-order valence-electron chi connectivity index (χ0n) is 12.9. The summed E-state index contributed by atoms with van der Waals surface area (Å²) in [6.07, 6.45) is 3.14. The first-order valence-corrected chi connectivity index (χ1v) is 7.75. The first-order chi connectivity index (χ1) is 10.1. The number of hydrogen-bond donors (Lipinski definition) is 1. The van der Waals surface area contributed by atoms with Crippen molar-refractivity contribution < 1.29 is 9.59 Å². The number of carbonyl (C=O) groups excluding carboxylic acids is 2. The molecule has 0 atom stereocenters. The Balaban J connectivity index is 1.86. The van der Waals surface area contributed by atoms with Crippen LogP contribution in [0.25, 0.3) is 0 Å². The SMILES string of the molecule is CCCC(=O)NC1CCN(C(=O)c2cccc(C)c2)CC1. The zero-order valence-corrected chi connectivity index (χ0v) is 12.9. The molecule has 4 nitrogen and oxygen atoms in total. The van der Waals surface area contributed by atoms with Gasteiger partial charge in [0, 0.05) is 31.1 Å². The minimum atomic E-state index is 0.0945. The number of nitrogens with one attached hydrogen (secondary N) is 1. The number of nitrogens with zero attached hydrogens (tertiary/aromatic N) is 1. The fourth-order valence-corrected chi connectivity index (χ4v) is 2.71. The Morgan fingerprint density at radius 3 is 2.62 bits per heavy atom. The van der Waals surface area contributed by atoms with E-state index in [2.05, 4.69) is 5.32 Å². The molecule has 114 valence electrons. The van der Waals surface area contributed by atoms with Crippen LogP contribution in [0.2, 0.25) is 0 Å². The molecule has 1 saturated heterocycles. The number of likely N-dealkylation sites (tertiary alicyclic amines) is 1. The number of rotatable bonds is 4. The van der Waals surface area contributed by atoms with Crippen molar-refractivity contribution >= 4 is 11.8 Å². The maximum absolute atomic E-state index is 12.4. The number of carbonyl (C=O) groups is 2. The maximum atomic E-state index is 12.4. The van der Waals surface area contributed by atoms with Crippen LogP contribution in [0.15, 0.2) is 24.3 Å². The molecule has 1 N–H and O–H groups in total. The lowest BCUT2D eigenvalue weighted by atomic mass is 10.0. The van der Waals surface area contributed by atoms with Gasteiger partial charge >= 0.3 is 0 Å². The molecule has 21 heavy (non-hydrogen) atoms. The molecular formula is C17H24N2O2. The van der Waals surface area contributed by atoms with Gasteiger partial charge in [0.05, 0.1) is 0 Å². The van der Waals surface area contributed by atoms with Gasteiger partial charge in [0.15, 0.2) is 0 Å². The highest BCUT2D eigenvalue weighted by atomic mass is 16.2. The topological polar surface area (TPSA) is 49.4 Å². The summed E-state index contributed by atoms with van der Waals surface area (Å²) < 4.78 is 0.